The summed E-state index contributed by atoms with van der Waals surface area (Å²) in [5.74, 6) is 0. The molecule has 0 aliphatic rings. The van der Waals surface area contributed by atoms with Gasteiger partial charge >= 0.3 is 46.2 Å². The first-order valence-corrected chi connectivity index (χ1v) is 1.06. The van der Waals surface area contributed by atoms with Crippen LogP contribution in [0.4, 0.5) is 0 Å². The van der Waals surface area contributed by atoms with Crippen molar-refractivity contribution in [3.8, 4) is 0 Å². The first kappa shape index (κ1) is 17.1. The molecule has 0 saturated carbocycles. The van der Waals surface area contributed by atoms with Crippen molar-refractivity contribution >= 4 is 23.1 Å². The van der Waals surface area contributed by atoms with Crippen molar-refractivity contribution in [3.63, 3.8) is 0 Å². The number of hydrogen-bond acceptors (Lipinski definition) is 1. The SMILES string of the molecule is [Cr].[H-].[H-].[Mg+2].[O]=[Pt]. The van der Waals surface area contributed by atoms with E-state index in [1.54, 1.807) is 0 Å². The molecule has 0 aliphatic heterocycles. The maximum absolute atomic E-state index is 8.22. The molecular weight excluding hydrogens is 287 g/mol. The molecule has 0 aliphatic carbocycles. The fraction of sp³-hybridized carbons (Fsp3) is 0. The van der Waals surface area contributed by atoms with Crippen molar-refractivity contribution in [2.75, 3.05) is 0 Å². The van der Waals surface area contributed by atoms with Crippen molar-refractivity contribution in [1.29, 1.82) is 0 Å². The summed E-state index contributed by atoms with van der Waals surface area (Å²) in [6.45, 7) is 0. The molecule has 4 heavy (non-hydrogen) atoms. The minimum absolute atomic E-state index is 0. The van der Waals surface area contributed by atoms with Gasteiger partial charge in [-0.25, -0.2) is 0 Å². The third-order valence-electron chi connectivity index (χ3n) is 0. The van der Waals surface area contributed by atoms with Gasteiger partial charge in [-0.1, -0.05) is 0 Å². The second-order valence-electron chi connectivity index (χ2n) is 0. The van der Waals surface area contributed by atoms with Gasteiger partial charge in [-0.05, 0) is 0 Å². The summed E-state index contributed by atoms with van der Waals surface area (Å²) in [4.78, 5) is 0. The molecule has 0 rings (SSSR count). The van der Waals surface area contributed by atoms with Crippen LogP contribution in [0.5, 0.6) is 0 Å². The van der Waals surface area contributed by atoms with Crippen LogP contribution in [-0.2, 0) is 40.5 Å². The van der Waals surface area contributed by atoms with E-state index in [-0.39, 0.29) is 43.3 Å². The van der Waals surface area contributed by atoms with Gasteiger partial charge in [0.2, 0.25) is 0 Å². The fourth-order valence-corrected chi connectivity index (χ4v) is 0. The van der Waals surface area contributed by atoms with Crippen LogP contribution >= 0.6 is 0 Å². The normalized spacial score (nSPS) is 1.50. The predicted octanol–water partition coefficient (Wildman–Crippen LogP) is -0.280. The van der Waals surface area contributed by atoms with Gasteiger partial charge in [0.1, 0.15) is 0 Å². The van der Waals surface area contributed by atoms with Crippen molar-refractivity contribution in [2.24, 2.45) is 0 Å². The van der Waals surface area contributed by atoms with Crippen LogP contribution in [0, 0.1) is 0 Å². The van der Waals surface area contributed by atoms with Gasteiger partial charge in [-0.2, -0.15) is 0 Å². The third-order valence-corrected chi connectivity index (χ3v) is 0. The molecule has 0 spiro atoms. The van der Waals surface area contributed by atoms with Crippen LogP contribution in [0.25, 0.3) is 0 Å². The Morgan fingerprint density at radius 3 is 1.50 bits per heavy atom. The average molecular weight is 289 g/mol. The predicted molar refractivity (Wildman–Crippen MR) is 8.66 cm³/mol. The molecule has 0 aromatic carbocycles. The Hall–Kier alpha value is 1.79. The van der Waals surface area contributed by atoms with Crippen LogP contribution in [0.3, 0.4) is 0 Å². The van der Waals surface area contributed by atoms with E-state index in [9.17, 15) is 0 Å². The molecule has 0 fully saturated rings. The molecule has 0 radical (unpaired) electrons. The van der Waals surface area contributed by atoms with Gasteiger partial charge in [0.15, 0.2) is 0 Å². The van der Waals surface area contributed by atoms with Crippen molar-refractivity contribution < 1.29 is 43.4 Å². The molecule has 0 N–H and O–H groups in total. The van der Waals surface area contributed by atoms with E-state index in [0.717, 1.165) is 19.8 Å². The Kier molecular flexibility index (Phi) is 91.8. The Morgan fingerprint density at radius 2 is 1.50 bits per heavy atom. The topological polar surface area (TPSA) is 17.1 Å². The van der Waals surface area contributed by atoms with Crippen molar-refractivity contribution in [1.82, 2.24) is 0 Å². The summed E-state index contributed by atoms with van der Waals surface area (Å²) in [7, 11) is 0. The third kappa shape index (κ3) is 9.21. The van der Waals surface area contributed by atoms with Crippen molar-refractivity contribution in [3.05, 3.63) is 0 Å². The molecule has 0 aromatic heterocycles. The first-order chi connectivity index (χ1) is 1.00. The average Bonchev–Trinajstić information content (AvgIpc) is 1.00. The molecule has 0 saturated heterocycles. The quantitative estimate of drug-likeness (QED) is 0.561. The van der Waals surface area contributed by atoms with Gasteiger partial charge < -0.3 is 2.85 Å². The van der Waals surface area contributed by atoms with Gasteiger partial charge in [0.25, 0.3) is 0 Å². The van der Waals surface area contributed by atoms with Crippen LogP contribution in [-0.4, -0.2) is 23.1 Å². The van der Waals surface area contributed by atoms with Gasteiger partial charge in [0, 0.05) is 17.4 Å². The van der Waals surface area contributed by atoms with E-state index in [0.29, 0.717) is 0 Å². The zero-order valence-electron chi connectivity index (χ0n) is 3.84. The summed E-state index contributed by atoms with van der Waals surface area (Å²) in [5, 5.41) is 0. The summed E-state index contributed by atoms with van der Waals surface area (Å²) < 4.78 is 8.22. The van der Waals surface area contributed by atoms with E-state index >= 15 is 0 Å². The Bertz CT molecular complexity index is 13.5. The second kappa shape index (κ2) is 21.5. The molecule has 0 amide bonds. The molecule has 0 aromatic rings. The molecular formula is H2CrMgOPt. The minimum atomic E-state index is 0. The summed E-state index contributed by atoms with van der Waals surface area (Å²) in [6.07, 6.45) is 0. The second-order valence-corrected chi connectivity index (χ2v) is 0. The van der Waals surface area contributed by atoms with Crippen LogP contribution in [0.15, 0.2) is 0 Å². The molecule has 0 atom stereocenters. The molecule has 26 valence electrons. The number of rotatable bonds is 0. The molecule has 0 unspecified atom stereocenters. The summed E-state index contributed by atoms with van der Waals surface area (Å²) in [5.41, 5.74) is 0. The molecule has 0 heterocycles. The Balaban J connectivity index is -0.000000000833. The zero-order valence-corrected chi connectivity index (χ0v) is 6.80. The monoisotopic (exact) mass is 289 g/mol. The first-order valence-electron chi connectivity index (χ1n) is 0.129. The van der Waals surface area contributed by atoms with E-state index in [1.807, 2.05) is 0 Å². The van der Waals surface area contributed by atoms with E-state index in [1.165, 1.54) is 0 Å². The van der Waals surface area contributed by atoms with Crippen molar-refractivity contribution in [2.45, 2.75) is 0 Å². The molecule has 4 heteroatoms. The van der Waals surface area contributed by atoms with Crippen LogP contribution in [0.1, 0.15) is 2.85 Å². The Labute approximate surface area is 66.0 Å². The Morgan fingerprint density at radius 1 is 1.50 bits per heavy atom. The van der Waals surface area contributed by atoms with Gasteiger partial charge in [0.05, 0.1) is 0 Å². The summed E-state index contributed by atoms with van der Waals surface area (Å²) >= 11 is 0.889. The molecule has 0 bridgehead atoms. The van der Waals surface area contributed by atoms with Gasteiger partial charge in [-0.3, -0.25) is 0 Å². The molecule has 1 nitrogen and oxygen atoms in total. The van der Waals surface area contributed by atoms with Gasteiger partial charge in [-0.15, -0.1) is 0 Å². The van der Waals surface area contributed by atoms with Crippen LogP contribution in [0.2, 0.25) is 0 Å². The zero-order chi connectivity index (χ0) is 2.00. The van der Waals surface area contributed by atoms with E-state index in [2.05, 4.69) is 0 Å². The van der Waals surface area contributed by atoms with Crippen LogP contribution < -0.4 is 0 Å². The standard InChI is InChI=1S/Cr.Mg.O.Pt.2H/q;+2;;;2*-1. The number of hydrogen-bond donors (Lipinski definition) is 0. The summed E-state index contributed by atoms with van der Waals surface area (Å²) in [6, 6.07) is 0. The van der Waals surface area contributed by atoms with E-state index in [4.69, 9.17) is 3.40 Å². The maximum atomic E-state index is 8.22. The van der Waals surface area contributed by atoms with E-state index < -0.39 is 0 Å². The fourth-order valence-electron chi connectivity index (χ4n) is 0.